The Morgan fingerprint density at radius 3 is 2.68 bits per heavy atom. The number of hydrogen-bond acceptors (Lipinski definition) is 2. The standard InChI is InChI=1S/C14H24N2O3/c1-3-9-14(2,12(17)18)16-13(19)15-10-11-7-5-4-6-8-11/h4-5,11H,3,6-10H2,1-2H3,(H,17,18)(H2,15,16,19). The maximum atomic E-state index is 11.8. The summed E-state index contributed by atoms with van der Waals surface area (Å²) in [5.41, 5.74) is -1.19. The first-order valence-electron chi connectivity index (χ1n) is 6.92. The van der Waals surface area contributed by atoms with Crippen LogP contribution in [-0.4, -0.2) is 29.2 Å². The van der Waals surface area contributed by atoms with E-state index in [-0.39, 0.29) is 0 Å². The molecule has 0 bridgehead atoms. The van der Waals surface area contributed by atoms with Gasteiger partial charge in [-0.05, 0) is 38.5 Å². The van der Waals surface area contributed by atoms with Crippen molar-refractivity contribution in [3.05, 3.63) is 12.2 Å². The van der Waals surface area contributed by atoms with Crippen LogP contribution in [0.3, 0.4) is 0 Å². The molecule has 5 heteroatoms. The molecule has 1 aliphatic rings. The van der Waals surface area contributed by atoms with E-state index in [0.29, 0.717) is 25.3 Å². The molecule has 0 aromatic heterocycles. The van der Waals surface area contributed by atoms with E-state index in [9.17, 15) is 14.7 Å². The summed E-state index contributed by atoms with van der Waals surface area (Å²) in [4.78, 5) is 23.0. The summed E-state index contributed by atoms with van der Waals surface area (Å²) in [7, 11) is 0. The topological polar surface area (TPSA) is 78.4 Å². The minimum absolute atomic E-state index is 0.395. The van der Waals surface area contributed by atoms with Crippen molar-refractivity contribution in [1.82, 2.24) is 10.6 Å². The van der Waals surface area contributed by atoms with E-state index in [1.165, 1.54) is 0 Å². The fourth-order valence-corrected chi connectivity index (χ4v) is 2.30. The molecular formula is C14H24N2O3. The smallest absolute Gasteiger partial charge is 0.329 e. The van der Waals surface area contributed by atoms with Crippen molar-refractivity contribution in [2.45, 2.75) is 51.5 Å². The van der Waals surface area contributed by atoms with Gasteiger partial charge in [-0.15, -0.1) is 0 Å². The van der Waals surface area contributed by atoms with E-state index >= 15 is 0 Å². The van der Waals surface area contributed by atoms with Gasteiger partial charge in [-0.3, -0.25) is 0 Å². The Labute approximate surface area is 114 Å². The van der Waals surface area contributed by atoms with Gasteiger partial charge in [0.25, 0.3) is 0 Å². The molecule has 0 aromatic rings. The Kier molecular flexibility index (Phi) is 5.86. The van der Waals surface area contributed by atoms with Crippen LogP contribution in [0.25, 0.3) is 0 Å². The van der Waals surface area contributed by atoms with Crippen LogP contribution in [0.4, 0.5) is 4.79 Å². The molecule has 0 spiro atoms. The molecule has 108 valence electrons. The Balaban J connectivity index is 2.40. The quantitative estimate of drug-likeness (QED) is 0.647. The van der Waals surface area contributed by atoms with E-state index in [2.05, 4.69) is 22.8 Å². The van der Waals surface area contributed by atoms with E-state index in [1.54, 1.807) is 6.92 Å². The summed E-state index contributed by atoms with van der Waals surface area (Å²) in [6, 6.07) is -0.395. The van der Waals surface area contributed by atoms with E-state index in [1.807, 2.05) is 6.92 Å². The molecule has 0 heterocycles. The van der Waals surface area contributed by atoms with Gasteiger partial charge in [0.2, 0.25) is 0 Å². The molecule has 0 radical (unpaired) electrons. The lowest BCUT2D eigenvalue weighted by Crippen LogP contribution is -2.55. The highest BCUT2D eigenvalue weighted by Crippen LogP contribution is 2.17. The zero-order valence-electron chi connectivity index (χ0n) is 11.7. The number of carboxylic acids is 1. The van der Waals surface area contributed by atoms with Gasteiger partial charge in [0.05, 0.1) is 0 Å². The Morgan fingerprint density at radius 1 is 1.42 bits per heavy atom. The number of hydrogen-bond donors (Lipinski definition) is 3. The summed E-state index contributed by atoms with van der Waals surface area (Å²) in [6.45, 7) is 4.04. The molecule has 0 saturated carbocycles. The average Bonchev–Trinajstić information content (AvgIpc) is 2.37. The predicted octanol–water partition coefficient (Wildman–Crippen LogP) is 2.29. The lowest BCUT2D eigenvalue weighted by molar-refractivity contribution is -0.144. The Hall–Kier alpha value is -1.52. The SMILES string of the molecule is CCCC(C)(NC(=O)NCC1CC=CCC1)C(=O)O. The van der Waals surface area contributed by atoms with Crippen LogP contribution < -0.4 is 10.6 Å². The number of rotatable bonds is 6. The third-order valence-corrected chi connectivity index (χ3v) is 3.54. The summed E-state index contributed by atoms with van der Waals surface area (Å²) in [5, 5.41) is 14.5. The number of carboxylic acid groups (broad SMARTS) is 1. The molecule has 0 aromatic carbocycles. The van der Waals surface area contributed by atoms with Crippen LogP contribution >= 0.6 is 0 Å². The lowest BCUT2D eigenvalue weighted by Gasteiger charge is -2.26. The molecule has 2 atom stereocenters. The highest BCUT2D eigenvalue weighted by Gasteiger charge is 2.33. The first-order valence-corrected chi connectivity index (χ1v) is 6.92. The van der Waals surface area contributed by atoms with Gasteiger partial charge in [-0.25, -0.2) is 9.59 Å². The van der Waals surface area contributed by atoms with Crippen LogP contribution in [0, 0.1) is 5.92 Å². The number of amides is 2. The predicted molar refractivity (Wildman–Crippen MR) is 74.0 cm³/mol. The Bertz CT molecular complexity index is 355. The lowest BCUT2D eigenvalue weighted by atomic mass is 9.94. The van der Waals surface area contributed by atoms with E-state index < -0.39 is 17.5 Å². The third kappa shape index (κ3) is 4.93. The number of carbonyl (C=O) groups is 2. The molecule has 0 saturated heterocycles. The van der Waals surface area contributed by atoms with Gasteiger partial charge in [-0.1, -0.05) is 25.5 Å². The first-order chi connectivity index (χ1) is 8.98. The van der Waals surface area contributed by atoms with Crippen molar-refractivity contribution < 1.29 is 14.7 Å². The second-order valence-corrected chi connectivity index (χ2v) is 5.37. The zero-order chi connectivity index (χ0) is 14.3. The van der Waals surface area contributed by atoms with Gasteiger partial charge in [-0.2, -0.15) is 0 Å². The van der Waals surface area contributed by atoms with E-state index in [4.69, 9.17) is 0 Å². The largest absolute Gasteiger partial charge is 0.480 e. The first kappa shape index (κ1) is 15.5. The van der Waals surface area contributed by atoms with Crippen LogP contribution in [0.15, 0.2) is 12.2 Å². The maximum absolute atomic E-state index is 11.8. The number of urea groups is 1. The van der Waals surface area contributed by atoms with Crippen molar-refractivity contribution in [3.63, 3.8) is 0 Å². The molecule has 0 fully saturated rings. The van der Waals surface area contributed by atoms with Crippen LogP contribution in [0.1, 0.15) is 46.0 Å². The molecule has 1 aliphatic carbocycles. The van der Waals surface area contributed by atoms with Gasteiger partial charge in [0, 0.05) is 6.54 Å². The van der Waals surface area contributed by atoms with Crippen molar-refractivity contribution in [3.8, 4) is 0 Å². The van der Waals surface area contributed by atoms with Crippen LogP contribution in [0.5, 0.6) is 0 Å². The molecule has 2 unspecified atom stereocenters. The molecule has 1 rings (SSSR count). The fourth-order valence-electron chi connectivity index (χ4n) is 2.30. The van der Waals surface area contributed by atoms with Crippen molar-refractivity contribution in [1.29, 1.82) is 0 Å². The summed E-state index contributed by atoms with van der Waals surface area (Å²) in [6.07, 6.45) is 8.51. The minimum atomic E-state index is -1.19. The van der Waals surface area contributed by atoms with Crippen LogP contribution in [0.2, 0.25) is 0 Å². The highest BCUT2D eigenvalue weighted by atomic mass is 16.4. The van der Waals surface area contributed by atoms with Crippen molar-refractivity contribution >= 4 is 12.0 Å². The average molecular weight is 268 g/mol. The van der Waals surface area contributed by atoms with Crippen LogP contribution in [-0.2, 0) is 4.79 Å². The Morgan fingerprint density at radius 2 is 2.16 bits per heavy atom. The maximum Gasteiger partial charge on any atom is 0.329 e. The fraction of sp³-hybridized carbons (Fsp3) is 0.714. The monoisotopic (exact) mass is 268 g/mol. The number of allylic oxidation sites excluding steroid dienone is 2. The molecule has 3 N–H and O–H groups in total. The highest BCUT2D eigenvalue weighted by molar-refractivity contribution is 5.85. The normalized spacial score (nSPS) is 21.5. The minimum Gasteiger partial charge on any atom is -0.480 e. The second-order valence-electron chi connectivity index (χ2n) is 5.37. The summed E-state index contributed by atoms with van der Waals surface area (Å²) < 4.78 is 0. The summed E-state index contributed by atoms with van der Waals surface area (Å²) >= 11 is 0. The number of carbonyl (C=O) groups excluding carboxylic acids is 1. The van der Waals surface area contributed by atoms with Gasteiger partial charge in [0.15, 0.2) is 0 Å². The zero-order valence-corrected chi connectivity index (χ0v) is 11.7. The van der Waals surface area contributed by atoms with E-state index in [0.717, 1.165) is 19.3 Å². The number of aliphatic carboxylic acids is 1. The van der Waals surface area contributed by atoms with Gasteiger partial charge in [0.1, 0.15) is 5.54 Å². The molecule has 2 amide bonds. The number of nitrogens with one attached hydrogen (secondary N) is 2. The third-order valence-electron chi connectivity index (χ3n) is 3.54. The molecule has 0 aliphatic heterocycles. The second kappa shape index (κ2) is 7.16. The summed E-state index contributed by atoms with van der Waals surface area (Å²) in [5.74, 6) is -0.539. The molecule has 5 nitrogen and oxygen atoms in total. The van der Waals surface area contributed by atoms with Crippen molar-refractivity contribution in [2.24, 2.45) is 5.92 Å². The van der Waals surface area contributed by atoms with Gasteiger partial charge >= 0.3 is 12.0 Å². The van der Waals surface area contributed by atoms with Crippen molar-refractivity contribution in [2.75, 3.05) is 6.54 Å². The van der Waals surface area contributed by atoms with Gasteiger partial charge < -0.3 is 15.7 Å². The molecular weight excluding hydrogens is 244 g/mol. The molecule has 19 heavy (non-hydrogen) atoms.